The first-order valence-electron chi connectivity index (χ1n) is 5.55. The quantitative estimate of drug-likeness (QED) is 0.892. The largest absolute Gasteiger partial charge is 0.325 e. The molecule has 0 aliphatic heterocycles. The van der Waals surface area contributed by atoms with E-state index in [1.54, 1.807) is 0 Å². The van der Waals surface area contributed by atoms with Crippen LogP contribution in [-0.2, 0) is 6.42 Å². The van der Waals surface area contributed by atoms with Gasteiger partial charge in [0.15, 0.2) is 0 Å². The normalized spacial score (nSPS) is 17.9. The fourth-order valence-corrected chi connectivity index (χ4v) is 2.44. The number of hydrogen-bond donors (Lipinski definition) is 1. The van der Waals surface area contributed by atoms with Crippen LogP contribution in [0, 0.1) is 13.8 Å². The van der Waals surface area contributed by atoms with Crippen molar-refractivity contribution in [2.45, 2.75) is 45.1 Å². The van der Waals surface area contributed by atoms with Gasteiger partial charge in [-0.3, -0.25) is 0 Å². The van der Waals surface area contributed by atoms with Gasteiger partial charge in [-0.1, -0.05) is 22.0 Å². The number of rotatable bonds is 3. The third-order valence-corrected chi connectivity index (χ3v) is 4.29. The Bertz CT molecular complexity index is 357. The standard InChI is InChI=1S/C13H18BrN/c1-9-7-11(8-12(14)10(9)2)3-4-13(15)5-6-13/h7-8H,3-6,15H2,1-2H3. The highest BCUT2D eigenvalue weighted by atomic mass is 79.9. The van der Waals surface area contributed by atoms with E-state index >= 15 is 0 Å². The Balaban J connectivity index is 2.08. The predicted molar refractivity (Wildman–Crippen MR) is 68.1 cm³/mol. The van der Waals surface area contributed by atoms with Crippen LogP contribution in [0.4, 0.5) is 0 Å². The lowest BCUT2D eigenvalue weighted by atomic mass is 10.0. The molecule has 1 nitrogen and oxygen atoms in total. The Morgan fingerprint density at radius 1 is 1.33 bits per heavy atom. The fourth-order valence-electron chi connectivity index (χ4n) is 1.84. The summed E-state index contributed by atoms with van der Waals surface area (Å²) in [7, 11) is 0. The Labute approximate surface area is 100 Å². The molecule has 2 N–H and O–H groups in total. The summed E-state index contributed by atoms with van der Waals surface area (Å²) in [5.74, 6) is 0. The maximum absolute atomic E-state index is 6.09. The van der Waals surface area contributed by atoms with Crippen molar-refractivity contribution in [3.05, 3.63) is 33.3 Å². The van der Waals surface area contributed by atoms with Crippen LogP contribution >= 0.6 is 15.9 Å². The lowest BCUT2D eigenvalue weighted by Crippen LogP contribution is -2.22. The maximum atomic E-state index is 6.09. The van der Waals surface area contributed by atoms with Gasteiger partial charge in [-0.2, -0.15) is 0 Å². The zero-order valence-electron chi connectivity index (χ0n) is 9.44. The second-order valence-electron chi connectivity index (χ2n) is 4.88. The van der Waals surface area contributed by atoms with Crippen LogP contribution in [0.5, 0.6) is 0 Å². The SMILES string of the molecule is Cc1cc(CCC2(N)CC2)cc(Br)c1C. The topological polar surface area (TPSA) is 26.0 Å². The molecule has 0 radical (unpaired) electrons. The van der Waals surface area contributed by atoms with Gasteiger partial charge in [-0.15, -0.1) is 0 Å². The highest BCUT2D eigenvalue weighted by Gasteiger charge is 2.37. The second-order valence-corrected chi connectivity index (χ2v) is 5.74. The molecule has 15 heavy (non-hydrogen) atoms. The second kappa shape index (κ2) is 3.91. The number of nitrogens with two attached hydrogens (primary N) is 1. The molecule has 0 aromatic heterocycles. The van der Waals surface area contributed by atoms with E-state index < -0.39 is 0 Å². The Morgan fingerprint density at radius 3 is 2.53 bits per heavy atom. The van der Waals surface area contributed by atoms with E-state index in [2.05, 4.69) is 41.9 Å². The van der Waals surface area contributed by atoms with Crippen molar-refractivity contribution in [1.29, 1.82) is 0 Å². The number of halogens is 1. The van der Waals surface area contributed by atoms with Crippen LogP contribution in [0.2, 0.25) is 0 Å². The van der Waals surface area contributed by atoms with Gasteiger partial charge in [-0.05, 0) is 62.3 Å². The first kappa shape index (κ1) is 11.2. The van der Waals surface area contributed by atoms with E-state index in [-0.39, 0.29) is 5.54 Å². The van der Waals surface area contributed by atoms with Gasteiger partial charge in [0, 0.05) is 10.0 Å². The van der Waals surface area contributed by atoms with E-state index in [1.807, 2.05) is 0 Å². The molecule has 1 saturated carbocycles. The molecular weight excluding hydrogens is 250 g/mol. The van der Waals surface area contributed by atoms with Crippen LogP contribution < -0.4 is 5.73 Å². The first-order valence-corrected chi connectivity index (χ1v) is 6.34. The molecule has 0 unspecified atom stereocenters. The van der Waals surface area contributed by atoms with Gasteiger partial charge in [0.1, 0.15) is 0 Å². The summed E-state index contributed by atoms with van der Waals surface area (Å²) in [4.78, 5) is 0. The summed E-state index contributed by atoms with van der Waals surface area (Å²) in [5.41, 5.74) is 10.4. The monoisotopic (exact) mass is 267 g/mol. The van der Waals surface area contributed by atoms with Crippen molar-refractivity contribution < 1.29 is 0 Å². The maximum Gasteiger partial charge on any atom is 0.0209 e. The lowest BCUT2D eigenvalue weighted by molar-refractivity contribution is 0.609. The minimum Gasteiger partial charge on any atom is -0.325 e. The molecule has 1 fully saturated rings. The van der Waals surface area contributed by atoms with Gasteiger partial charge in [-0.25, -0.2) is 0 Å². The van der Waals surface area contributed by atoms with Crippen molar-refractivity contribution in [1.82, 2.24) is 0 Å². The first-order chi connectivity index (χ1) is 7.00. The molecular formula is C13H18BrN. The van der Waals surface area contributed by atoms with E-state index in [1.165, 1.54) is 34.0 Å². The van der Waals surface area contributed by atoms with Crippen molar-refractivity contribution in [2.24, 2.45) is 5.73 Å². The van der Waals surface area contributed by atoms with E-state index in [0.717, 1.165) is 12.8 Å². The van der Waals surface area contributed by atoms with Crippen LogP contribution in [-0.4, -0.2) is 5.54 Å². The van der Waals surface area contributed by atoms with E-state index in [4.69, 9.17) is 5.73 Å². The number of benzene rings is 1. The molecule has 0 amide bonds. The molecule has 0 bridgehead atoms. The van der Waals surface area contributed by atoms with Gasteiger partial charge in [0.25, 0.3) is 0 Å². The zero-order chi connectivity index (χ0) is 11.1. The minimum atomic E-state index is 0.172. The summed E-state index contributed by atoms with van der Waals surface area (Å²) in [6.45, 7) is 4.31. The molecule has 0 atom stereocenters. The third kappa shape index (κ3) is 2.61. The summed E-state index contributed by atoms with van der Waals surface area (Å²) in [5, 5.41) is 0. The molecule has 1 aromatic carbocycles. The van der Waals surface area contributed by atoms with Crippen LogP contribution in [0.15, 0.2) is 16.6 Å². The van der Waals surface area contributed by atoms with Crippen molar-refractivity contribution in [3.63, 3.8) is 0 Å². The van der Waals surface area contributed by atoms with Crippen molar-refractivity contribution >= 4 is 15.9 Å². The molecule has 1 aliphatic rings. The molecule has 0 heterocycles. The van der Waals surface area contributed by atoms with E-state index in [9.17, 15) is 0 Å². The third-order valence-electron chi connectivity index (χ3n) is 3.47. The van der Waals surface area contributed by atoms with Gasteiger partial charge < -0.3 is 5.73 Å². The Kier molecular flexibility index (Phi) is 2.91. The molecule has 1 aliphatic carbocycles. The summed E-state index contributed by atoms with van der Waals surface area (Å²) >= 11 is 3.60. The zero-order valence-corrected chi connectivity index (χ0v) is 11.0. The molecule has 82 valence electrons. The summed E-state index contributed by atoms with van der Waals surface area (Å²) in [6, 6.07) is 4.51. The number of aryl methyl sites for hydroxylation is 2. The smallest absolute Gasteiger partial charge is 0.0209 e. The molecule has 2 rings (SSSR count). The lowest BCUT2D eigenvalue weighted by Gasteiger charge is -2.11. The summed E-state index contributed by atoms with van der Waals surface area (Å²) in [6.07, 6.45) is 4.65. The average Bonchev–Trinajstić information content (AvgIpc) is 2.90. The van der Waals surface area contributed by atoms with Crippen molar-refractivity contribution in [3.8, 4) is 0 Å². The van der Waals surface area contributed by atoms with Gasteiger partial charge in [0.2, 0.25) is 0 Å². The van der Waals surface area contributed by atoms with Gasteiger partial charge in [0.05, 0.1) is 0 Å². The van der Waals surface area contributed by atoms with Crippen LogP contribution in [0.1, 0.15) is 36.0 Å². The summed E-state index contributed by atoms with van der Waals surface area (Å²) < 4.78 is 1.22. The Morgan fingerprint density at radius 2 is 2.00 bits per heavy atom. The molecule has 2 heteroatoms. The minimum absolute atomic E-state index is 0.172. The number of hydrogen-bond acceptors (Lipinski definition) is 1. The highest BCUT2D eigenvalue weighted by Crippen LogP contribution is 2.36. The van der Waals surface area contributed by atoms with E-state index in [0.29, 0.717) is 0 Å². The fraction of sp³-hybridized carbons (Fsp3) is 0.538. The average molecular weight is 268 g/mol. The molecule has 0 saturated heterocycles. The van der Waals surface area contributed by atoms with Crippen LogP contribution in [0.3, 0.4) is 0 Å². The predicted octanol–water partition coefficient (Wildman–Crippen LogP) is 3.49. The Hall–Kier alpha value is -0.340. The molecule has 1 aromatic rings. The van der Waals surface area contributed by atoms with Crippen LogP contribution in [0.25, 0.3) is 0 Å². The molecule has 0 spiro atoms. The highest BCUT2D eigenvalue weighted by molar-refractivity contribution is 9.10. The van der Waals surface area contributed by atoms with Gasteiger partial charge >= 0.3 is 0 Å². The van der Waals surface area contributed by atoms with Crippen molar-refractivity contribution in [2.75, 3.05) is 0 Å².